The lowest BCUT2D eigenvalue weighted by atomic mass is 10.2. The summed E-state index contributed by atoms with van der Waals surface area (Å²) in [4.78, 5) is 15.8. The van der Waals surface area contributed by atoms with Crippen LogP contribution < -0.4 is 5.73 Å². The van der Waals surface area contributed by atoms with Crippen LogP contribution in [0.1, 0.15) is 20.8 Å². The number of hydrogen-bond acceptors (Lipinski definition) is 4. The summed E-state index contributed by atoms with van der Waals surface area (Å²) in [5, 5.41) is 0.232. The molecule has 2 aromatic rings. The van der Waals surface area contributed by atoms with Gasteiger partial charge in [-0.2, -0.15) is 0 Å². The number of nitrogens with two attached hydrogens (primary N) is 1. The van der Waals surface area contributed by atoms with Crippen LogP contribution >= 0.6 is 0 Å². The molecule has 0 fully saturated rings. The molecule has 0 bridgehead atoms. The van der Waals surface area contributed by atoms with Crippen molar-refractivity contribution in [1.82, 2.24) is 9.55 Å². The molecule has 0 saturated carbocycles. The lowest BCUT2D eigenvalue weighted by Gasteiger charge is -2.19. The predicted molar refractivity (Wildman–Crippen MR) is 65.7 cm³/mol. The molecule has 0 saturated heterocycles. The molecule has 0 aliphatic carbocycles. The van der Waals surface area contributed by atoms with Gasteiger partial charge in [0.25, 0.3) is 0 Å². The highest BCUT2D eigenvalue weighted by atomic mass is 19.1. The third kappa shape index (κ3) is 2.27. The zero-order chi connectivity index (χ0) is 13.5. The van der Waals surface area contributed by atoms with E-state index in [1.807, 2.05) is 0 Å². The molecule has 0 atom stereocenters. The van der Waals surface area contributed by atoms with Crippen molar-refractivity contribution in [3.05, 3.63) is 24.1 Å². The van der Waals surface area contributed by atoms with Crippen LogP contribution in [0.2, 0.25) is 0 Å². The van der Waals surface area contributed by atoms with E-state index in [4.69, 9.17) is 10.5 Å². The van der Waals surface area contributed by atoms with E-state index in [-0.39, 0.29) is 16.9 Å². The second-order valence-electron chi connectivity index (χ2n) is 4.93. The van der Waals surface area contributed by atoms with Crippen molar-refractivity contribution in [2.45, 2.75) is 26.4 Å². The highest BCUT2D eigenvalue weighted by molar-refractivity contribution is 5.88. The highest BCUT2D eigenvalue weighted by Crippen LogP contribution is 2.20. The summed E-state index contributed by atoms with van der Waals surface area (Å²) in [5.74, 6) is -0.497. The van der Waals surface area contributed by atoms with Crippen molar-refractivity contribution < 1.29 is 13.9 Å². The maximum atomic E-state index is 13.6. The molecule has 0 amide bonds. The van der Waals surface area contributed by atoms with Gasteiger partial charge in [-0.05, 0) is 26.8 Å². The summed E-state index contributed by atoms with van der Waals surface area (Å²) >= 11 is 0. The molecule has 2 N–H and O–H groups in total. The minimum Gasteiger partial charge on any atom is -0.443 e. The fourth-order valence-electron chi connectivity index (χ4n) is 1.55. The number of pyridine rings is 1. The summed E-state index contributed by atoms with van der Waals surface area (Å²) in [6, 6.07) is 2.57. The van der Waals surface area contributed by atoms with Crippen LogP contribution in [0.5, 0.6) is 0 Å². The van der Waals surface area contributed by atoms with Crippen LogP contribution in [0.4, 0.5) is 15.0 Å². The lowest BCUT2D eigenvalue weighted by Crippen LogP contribution is -2.26. The number of anilines is 1. The van der Waals surface area contributed by atoms with Gasteiger partial charge in [-0.3, -0.25) is 0 Å². The third-order valence-corrected chi connectivity index (χ3v) is 2.22. The van der Waals surface area contributed by atoms with E-state index in [9.17, 15) is 9.18 Å². The minimum absolute atomic E-state index is 0.0171. The van der Waals surface area contributed by atoms with Gasteiger partial charge in [-0.1, -0.05) is 0 Å². The summed E-state index contributed by atoms with van der Waals surface area (Å²) < 4.78 is 19.9. The third-order valence-electron chi connectivity index (χ3n) is 2.22. The first-order valence-electron chi connectivity index (χ1n) is 5.44. The predicted octanol–water partition coefficient (Wildman–Crippen LogP) is 2.54. The van der Waals surface area contributed by atoms with E-state index >= 15 is 0 Å². The number of rotatable bonds is 0. The van der Waals surface area contributed by atoms with Crippen molar-refractivity contribution in [2.75, 3.05) is 5.73 Å². The summed E-state index contributed by atoms with van der Waals surface area (Å²) in [5.41, 5.74) is 4.99. The highest BCUT2D eigenvalue weighted by Gasteiger charge is 2.20. The molecule has 0 spiro atoms. The second kappa shape index (κ2) is 3.97. The number of halogens is 1. The van der Waals surface area contributed by atoms with Gasteiger partial charge in [0.15, 0.2) is 5.65 Å². The number of carbonyl (C=O) groups is 1. The van der Waals surface area contributed by atoms with Gasteiger partial charge in [0.1, 0.15) is 17.2 Å². The molecule has 2 rings (SSSR count). The molecule has 0 aromatic carbocycles. The Morgan fingerprint density at radius 3 is 2.78 bits per heavy atom. The molecular formula is C12H14FN3O2. The van der Waals surface area contributed by atoms with Crippen molar-refractivity contribution in [1.29, 1.82) is 0 Å². The molecule has 0 aliphatic heterocycles. The van der Waals surface area contributed by atoms with E-state index in [0.717, 1.165) is 10.6 Å². The summed E-state index contributed by atoms with van der Waals surface area (Å²) in [6.45, 7) is 5.25. The van der Waals surface area contributed by atoms with Crippen LogP contribution in [0.15, 0.2) is 18.3 Å². The van der Waals surface area contributed by atoms with Gasteiger partial charge >= 0.3 is 6.09 Å². The average Bonchev–Trinajstić information content (AvgIpc) is 2.58. The normalized spacial score (nSPS) is 11.8. The van der Waals surface area contributed by atoms with E-state index in [2.05, 4.69) is 4.98 Å². The number of ether oxygens (including phenoxy) is 1. The number of aromatic nitrogens is 2. The van der Waals surface area contributed by atoms with Crippen molar-refractivity contribution in [2.24, 2.45) is 0 Å². The molecule has 96 valence electrons. The maximum absolute atomic E-state index is 13.6. The Labute approximate surface area is 103 Å². The standard InChI is InChI=1S/C12H14FN3O2/c1-12(2,3)18-11(17)16-5-4-7-8(13)6-9(14)15-10(7)16/h4-6H,1-3H3,(H2,14,15). The number of hydrogen-bond donors (Lipinski definition) is 1. The Balaban J connectivity index is 2.49. The SMILES string of the molecule is CC(C)(C)OC(=O)n1ccc2c(F)cc(N)nc21. The van der Waals surface area contributed by atoms with Crippen LogP contribution in [0.25, 0.3) is 11.0 Å². The number of carbonyl (C=O) groups excluding carboxylic acids is 1. The lowest BCUT2D eigenvalue weighted by molar-refractivity contribution is 0.0543. The largest absolute Gasteiger partial charge is 0.443 e. The van der Waals surface area contributed by atoms with Crippen LogP contribution in [-0.4, -0.2) is 21.2 Å². The Bertz CT molecular complexity index is 614. The summed E-state index contributed by atoms with van der Waals surface area (Å²) in [7, 11) is 0. The molecule has 0 aliphatic rings. The zero-order valence-electron chi connectivity index (χ0n) is 10.4. The molecule has 0 radical (unpaired) electrons. The van der Waals surface area contributed by atoms with Gasteiger partial charge in [-0.15, -0.1) is 0 Å². The monoisotopic (exact) mass is 251 g/mol. The average molecular weight is 251 g/mol. The first-order chi connectivity index (χ1) is 8.28. The molecule has 6 heteroatoms. The Hall–Kier alpha value is -2.11. The quantitative estimate of drug-likeness (QED) is 0.781. The van der Waals surface area contributed by atoms with Crippen molar-refractivity contribution in [3.8, 4) is 0 Å². The summed E-state index contributed by atoms with van der Waals surface area (Å²) in [6.07, 6.45) is 0.795. The molecule has 0 unspecified atom stereocenters. The minimum atomic E-state index is -0.632. The van der Waals surface area contributed by atoms with E-state index < -0.39 is 17.5 Å². The Morgan fingerprint density at radius 1 is 1.50 bits per heavy atom. The van der Waals surface area contributed by atoms with E-state index in [1.165, 1.54) is 12.3 Å². The van der Waals surface area contributed by atoms with Crippen LogP contribution in [0.3, 0.4) is 0 Å². The smallest absolute Gasteiger partial charge is 0.420 e. The maximum Gasteiger partial charge on any atom is 0.420 e. The number of fused-ring (bicyclic) bond motifs is 1. The topological polar surface area (TPSA) is 70.1 Å². The van der Waals surface area contributed by atoms with E-state index in [1.54, 1.807) is 20.8 Å². The molecular weight excluding hydrogens is 237 g/mol. The molecule has 5 nitrogen and oxygen atoms in total. The fourth-order valence-corrected chi connectivity index (χ4v) is 1.55. The number of nitrogen functional groups attached to an aromatic ring is 1. The Morgan fingerprint density at radius 2 is 2.17 bits per heavy atom. The first-order valence-corrected chi connectivity index (χ1v) is 5.44. The Kier molecular flexibility index (Phi) is 2.73. The van der Waals surface area contributed by atoms with Crippen molar-refractivity contribution >= 4 is 22.9 Å². The number of nitrogens with zero attached hydrogens (tertiary/aromatic N) is 2. The first kappa shape index (κ1) is 12.3. The molecule has 2 aromatic heterocycles. The van der Waals surface area contributed by atoms with Gasteiger partial charge in [0.2, 0.25) is 0 Å². The van der Waals surface area contributed by atoms with Crippen LogP contribution in [-0.2, 0) is 4.74 Å². The van der Waals surface area contributed by atoms with Crippen LogP contribution in [0, 0.1) is 5.82 Å². The van der Waals surface area contributed by atoms with Gasteiger partial charge in [-0.25, -0.2) is 18.7 Å². The molecule has 2 heterocycles. The van der Waals surface area contributed by atoms with E-state index in [0.29, 0.717) is 0 Å². The van der Waals surface area contributed by atoms with Gasteiger partial charge in [0.05, 0.1) is 5.39 Å². The second-order valence-corrected chi connectivity index (χ2v) is 4.93. The fraction of sp³-hybridized carbons (Fsp3) is 0.333. The zero-order valence-corrected chi connectivity index (χ0v) is 10.4. The van der Waals surface area contributed by atoms with Gasteiger partial charge in [0, 0.05) is 12.3 Å². The molecule has 18 heavy (non-hydrogen) atoms. The van der Waals surface area contributed by atoms with Gasteiger partial charge < -0.3 is 10.5 Å². The van der Waals surface area contributed by atoms with Crippen molar-refractivity contribution in [3.63, 3.8) is 0 Å².